The number of imide groups is 3. The summed E-state index contributed by atoms with van der Waals surface area (Å²) < 4.78 is 10.6. The van der Waals surface area contributed by atoms with E-state index in [1.807, 2.05) is 26.0 Å². The van der Waals surface area contributed by atoms with E-state index in [2.05, 4.69) is 34.3 Å². The number of nitrogens with zero attached hydrogens (tertiary/aromatic N) is 1. The molecule has 3 N–H and O–H groups in total. The van der Waals surface area contributed by atoms with Gasteiger partial charge in [0.25, 0.3) is 0 Å². The Bertz CT molecular complexity index is 1170. The summed E-state index contributed by atoms with van der Waals surface area (Å²) in [6, 6.07) is 3.63. The summed E-state index contributed by atoms with van der Waals surface area (Å²) in [5.41, 5.74) is 3.42. The first kappa shape index (κ1) is 31.1. The van der Waals surface area contributed by atoms with E-state index in [1.165, 1.54) is 7.11 Å². The van der Waals surface area contributed by atoms with Gasteiger partial charge in [-0.2, -0.15) is 4.90 Å². The molecule has 4 atom stereocenters. The van der Waals surface area contributed by atoms with Crippen molar-refractivity contribution in [2.45, 2.75) is 59.0 Å². The van der Waals surface area contributed by atoms with Crippen molar-refractivity contribution in [2.24, 2.45) is 23.7 Å². The summed E-state index contributed by atoms with van der Waals surface area (Å²) in [4.78, 5) is 38.9. The Balaban J connectivity index is 1.91. The predicted octanol–water partition coefficient (Wildman–Crippen LogP) is 4.66. The van der Waals surface area contributed by atoms with E-state index in [0.717, 1.165) is 36.7 Å². The van der Waals surface area contributed by atoms with Crippen LogP contribution in [0.15, 0.2) is 28.9 Å². The Morgan fingerprint density at radius 1 is 1.21 bits per heavy atom. The maximum absolute atomic E-state index is 13.2. The molecule has 0 saturated carbocycles. The van der Waals surface area contributed by atoms with Gasteiger partial charge in [-0.25, -0.2) is 4.79 Å². The van der Waals surface area contributed by atoms with Crippen LogP contribution in [0.3, 0.4) is 0 Å². The van der Waals surface area contributed by atoms with Gasteiger partial charge in [-0.05, 0) is 77.5 Å². The number of carbonyl (C=O) groups is 3. The number of likely N-dealkylation sites (tertiary alicyclic amines) is 1. The van der Waals surface area contributed by atoms with Crippen LogP contribution in [0.1, 0.15) is 58.4 Å². The first-order valence-electron chi connectivity index (χ1n) is 13.2. The van der Waals surface area contributed by atoms with Crippen LogP contribution in [-0.2, 0) is 14.3 Å². The third-order valence-electron chi connectivity index (χ3n) is 7.68. The molecule has 0 aromatic heterocycles. The molecule has 3 rings (SSSR count). The van der Waals surface area contributed by atoms with Crippen molar-refractivity contribution >= 4 is 46.6 Å². The van der Waals surface area contributed by atoms with Gasteiger partial charge < -0.3 is 24.8 Å². The zero-order valence-corrected chi connectivity index (χ0v) is 25.2. The number of fused-ring (bicyclic) bond motifs is 1. The number of aliphatic hydroxyl groups excluding tert-OH is 2. The highest BCUT2D eigenvalue weighted by Gasteiger charge is 2.57. The second-order valence-electron chi connectivity index (χ2n) is 10.4. The highest BCUT2D eigenvalue weighted by molar-refractivity contribution is 14.1. The number of benzene rings is 1. The molecule has 1 heterocycles. The van der Waals surface area contributed by atoms with Gasteiger partial charge in [-0.3, -0.25) is 9.59 Å². The van der Waals surface area contributed by atoms with Gasteiger partial charge in [-0.1, -0.05) is 44.4 Å². The van der Waals surface area contributed by atoms with E-state index in [-0.39, 0.29) is 18.1 Å². The number of methoxy groups -OCH3 is 2. The number of amides is 3. The second-order valence-corrected chi connectivity index (χ2v) is 11.6. The first-order valence-corrected chi connectivity index (χ1v) is 14.3. The molecule has 9 nitrogen and oxygen atoms in total. The third kappa shape index (κ3) is 6.33. The van der Waals surface area contributed by atoms with Crippen LogP contribution in [0.25, 0.3) is 6.08 Å². The van der Waals surface area contributed by atoms with E-state index < -0.39 is 48.4 Å². The van der Waals surface area contributed by atoms with Crippen molar-refractivity contribution < 1.29 is 39.2 Å². The number of aromatic hydroxyl groups is 1. The van der Waals surface area contributed by atoms with Crippen molar-refractivity contribution in [3.63, 3.8) is 0 Å². The Hall–Kier alpha value is -2.44. The number of halogens is 1. The highest BCUT2D eigenvalue weighted by atomic mass is 127. The molecule has 0 spiro atoms. The lowest BCUT2D eigenvalue weighted by Gasteiger charge is -2.38. The topological polar surface area (TPSA) is 134 Å². The Labute approximate surface area is 243 Å². The molecular formula is C29H38INO8. The molecule has 2 aliphatic rings. The van der Waals surface area contributed by atoms with Crippen molar-refractivity contribution in [3.05, 3.63) is 38.0 Å². The molecule has 1 aliphatic heterocycles. The van der Waals surface area contributed by atoms with Gasteiger partial charge in [0.15, 0.2) is 11.5 Å². The maximum Gasteiger partial charge on any atom is 0.423 e. The van der Waals surface area contributed by atoms with E-state index in [0.29, 0.717) is 32.6 Å². The van der Waals surface area contributed by atoms with Crippen LogP contribution >= 0.6 is 22.6 Å². The molecule has 1 aromatic carbocycles. The molecule has 1 saturated heterocycles. The zero-order chi connectivity index (χ0) is 29.0. The lowest BCUT2D eigenvalue weighted by atomic mass is 9.66. The normalized spacial score (nSPS) is 22.4. The van der Waals surface area contributed by atoms with Crippen LogP contribution in [0.4, 0.5) is 4.79 Å². The number of phenolic OH excluding ortho intramolecular Hbond substituents is 1. The first-order chi connectivity index (χ1) is 18.5. The molecule has 0 unspecified atom stereocenters. The van der Waals surface area contributed by atoms with E-state index in [4.69, 9.17) is 4.74 Å². The number of rotatable bonds is 10. The lowest BCUT2D eigenvalue weighted by Crippen LogP contribution is -2.40. The van der Waals surface area contributed by atoms with Crippen LogP contribution < -0.4 is 4.74 Å². The average Bonchev–Trinajstić information content (AvgIpc) is 3.16. The quantitative estimate of drug-likeness (QED) is 0.188. The van der Waals surface area contributed by atoms with E-state index in [1.54, 1.807) is 6.07 Å². The fourth-order valence-electron chi connectivity index (χ4n) is 5.85. The number of ether oxygens (including phenoxy) is 2. The number of carbonyl (C=O) groups excluding carboxylic acids is 3. The minimum atomic E-state index is -1.03. The molecule has 10 heteroatoms. The fraction of sp³-hybridized carbons (Fsp3) is 0.552. The third-order valence-corrected chi connectivity index (χ3v) is 8.50. The van der Waals surface area contributed by atoms with Crippen LogP contribution in [-0.4, -0.2) is 65.1 Å². The van der Waals surface area contributed by atoms with Crippen molar-refractivity contribution in [1.29, 1.82) is 0 Å². The predicted molar refractivity (Wildman–Crippen MR) is 154 cm³/mol. The number of hydrogen-bond acceptors (Lipinski definition) is 8. The number of allylic oxidation sites excluding steroid dienone is 2. The summed E-state index contributed by atoms with van der Waals surface area (Å²) in [5.74, 6) is -3.33. The second kappa shape index (κ2) is 13.3. The largest absolute Gasteiger partial charge is 0.504 e. The molecule has 214 valence electrons. The Morgan fingerprint density at radius 2 is 1.90 bits per heavy atom. The van der Waals surface area contributed by atoms with Gasteiger partial charge in [0.2, 0.25) is 11.8 Å². The average molecular weight is 656 g/mol. The number of aliphatic hydroxyl groups is 2. The molecule has 0 radical (unpaired) electrons. The van der Waals surface area contributed by atoms with Gasteiger partial charge in [0.1, 0.15) is 0 Å². The van der Waals surface area contributed by atoms with Gasteiger partial charge in [0, 0.05) is 5.92 Å². The zero-order valence-electron chi connectivity index (χ0n) is 23.1. The smallest absolute Gasteiger partial charge is 0.423 e. The van der Waals surface area contributed by atoms with Crippen molar-refractivity contribution in [2.75, 3.05) is 20.8 Å². The minimum absolute atomic E-state index is 0.0306. The Kier molecular flexibility index (Phi) is 10.6. The SMILES string of the molecule is CCC/C(=C\c1cc(I)c(O)c(OC)c1)CC[C@@H](O)C1=C(C(C)C)C[C@H]2C(=O)N(C(=O)OC)C(=O)[C@H]2[C@H]1CO. The van der Waals surface area contributed by atoms with Gasteiger partial charge in [-0.15, -0.1) is 0 Å². The molecule has 1 aliphatic carbocycles. The number of phenols is 1. The van der Waals surface area contributed by atoms with Crippen molar-refractivity contribution in [3.8, 4) is 11.5 Å². The lowest BCUT2D eigenvalue weighted by molar-refractivity contribution is -0.137. The van der Waals surface area contributed by atoms with Crippen LogP contribution in [0.2, 0.25) is 0 Å². The summed E-state index contributed by atoms with van der Waals surface area (Å²) in [6.45, 7) is 5.56. The Morgan fingerprint density at radius 3 is 2.46 bits per heavy atom. The molecular weight excluding hydrogens is 617 g/mol. The summed E-state index contributed by atoms with van der Waals surface area (Å²) in [7, 11) is 2.61. The molecule has 39 heavy (non-hydrogen) atoms. The van der Waals surface area contributed by atoms with E-state index >= 15 is 0 Å². The molecule has 1 aromatic rings. The van der Waals surface area contributed by atoms with Gasteiger partial charge >= 0.3 is 6.09 Å². The molecule has 1 fully saturated rings. The van der Waals surface area contributed by atoms with Gasteiger partial charge in [0.05, 0.1) is 42.3 Å². The fourth-order valence-corrected chi connectivity index (χ4v) is 6.48. The molecule has 3 amide bonds. The molecule has 0 bridgehead atoms. The van der Waals surface area contributed by atoms with Crippen LogP contribution in [0, 0.1) is 27.2 Å². The monoisotopic (exact) mass is 655 g/mol. The number of hydrogen-bond donors (Lipinski definition) is 3. The summed E-state index contributed by atoms with van der Waals surface area (Å²) >= 11 is 2.05. The maximum atomic E-state index is 13.2. The highest BCUT2D eigenvalue weighted by Crippen LogP contribution is 2.48. The standard InChI is InChI=1S/C29H38INO8/c1-6-7-16(10-17-11-21(30)26(34)23(12-17)38-4)8-9-22(33)24-18(15(2)3)13-19-25(20(24)14-32)28(36)31(27(19)35)29(37)39-5/h10-12,15,19-20,22,25,32-34H,6-9,13-14H2,1-5H3/b16-10+/t19-,20+,22-,25-/m1/s1. The van der Waals surface area contributed by atoms with Crippen molar-refractivity contribution in [1.82, 2.24) is 4.90 Å². The summed E-state index contributed by atoms with van der Waals surface area (Å²) in [6.07, 6.45) is 2.94. The van der Waals surface area contributed by atoms with E-state index in [9.17, 15) is 29.7 Å². The minimum Gasteiger partial charge on any atom is -0.504 e. The van der Waals surface area contributed by atoms with Crippen LogP contribution in [0.5, 0.6) is 11.5 Å². The summed E-state index contributed by atoms with van der Waals surface area (Å²) in [5, 5.41) is 32.1.